The van der Waals surface area contributed by atoms with Gasteiger partial charge in [-0.3, -0.25) is 0 Å². The molecule has 2 heteroatoms. The largest absolute Gasteiger partial charge is 0.507 e. The Morgan fingerprint density at radius 1 is 0.947 bits per heavy atom. The molecule has 0 aliphatic carbocycles. The average molecular weight is 254 g/mol. The van der Waals surface area contributed by atoms with Crippen LogP contribution in [0.15, 0.2) is 49.0 Å². The summed E-state index contributed by atoms with van der Waals surface area (Å²) in [4.78, 5) is 0. The highest BCUT2D eigenvalue weighted by atomic mass is 16.3. The van der Waals surface area contributed by atoms with Crippen molar-refractivity contribution in [3.05, 3.63) is 65.7 Å². The standard InChI is InChI=1S/C17H18O2/c1-11(2)17-15(18)9-14(10-16(17)19)12(3)13-7-5-4-6-8-13/h4-11,18-19H,3H2,1-2H3. The third kappa shape index (κ3) is 2.63. The smallest absolute Gasteiger partial charge is 0.123 e. The summed E-state index contributed by atoms with van der Waals surface area (Å²) in [5.41, 5.74) is 3.05. The summed E-state index contributed by atoms with van der Waals surface area (Å²) in [6.07, 6.45) is 0. The number of phenols is 2. The van der Waals surface area contributed by atoms with E-state index in [-0.39, 0.29) is 17.4 Å². The van der Waals surface area contributed by atoms with Crippen molar-refractivity contribution in [2.24, 2.45) is 0 Å². The van der Waals surface area contributed by atoms with Gasteiger partial charge in [0.05, 0.1) is 0 Å². The number of phenolic OH excluding ortho intramolecular Hbond substituents is 2. The van der Waals surface area contributed by atoms with Gasteiger partial charge < -0.3 is 10.2 Å². The van der Waals surface area contributed by atoms with Gasteiger partial charge in [0.2, 0.25) is 0 Å². The minimum Gasteiger partial charge on any atom is -0.507 e. The van der Waals surface area contributed by atoms with Crippen molar-refractivity contribution in [2.45, 2.75) is 19.8 Å². The van der Waals surface area contributed by atoms with Crippen molar-refractivity contribution in [1.82, 2.24) is 0 Å². The van der Waals surface area contributed by atoms with Gasteiger partial charge in [-0.2, -0.15) is 0 Å². The van der Waals surface area contributed by atoms with Crippen LogP contribution in [0.25, 0.3) is 5.57 Å². The Balaban J connectivity index is 2.45. The lowest BCUT2D eigenvalue weighted by Crippen LogP contribution is -1.93. The Labute approximate surface area is 113 Å². The Hall–Kier alpha value is -2.22. The van der Waals surface area contributed by atoms with Gasteiger partial charge in [0, 0.05) is 5.56 Å². The maximum absolute atomic E-state index is 10.0. The van der Waals surface area contributed by atoms with E-state index in [1.54, 1.807) is 12.1 Å². The van der Waals surface area contributed by atoms with Crippen LogP contribution < -0.4 is 0 Å². The SMILES string of the molecule is C=C(c1ccccc1)c1cc(O)c(C(C)C)c(O)c1. The molecular weight excluding hydrogens is 236 g/mol. The lowest BCUT2D eigenvalue weighted by molar-refractivity contribution is 0.433. The fourth-order valence-electron chi connectivity index (χ4n) is 2.19. The third-order valence-corrected chi connectivity index (χ3v) is 3.18. The third-order valence-electron chi connectivity index (χ3n) is 3.18. The summed E-state index contributed by atoms with van der Waals surface area (Å²) in [6, 6.07) is 13.0. The highest BCUT2D eigenvalue weighted by molar-refractivity contribution is 5.79. The minimum absolute atomic E-state index is 0.0686. The Morgan fingerprint density at radius 3 is 1.95 bits per heavy atom. The predicted molar refractivity (Wildman–Crippen MR) is 78.4 cm³/mol. The molecule has 2 aromatic carbocycles. The molecule has 2 aromatic rings. The summed E-state index contributed by atoms with van der Waals surface area (Å²) in [5, 5.41) is 20.1. The minimum atomic E-state index is 0.0686. The van der Waals surface area contributed by atoms with E-state index in [1.807, 2.05) is 44.2 Å². The second-order valence-corrected chi connectivity index (χ2v) is 4.93. The van der Waals surface area contributed by atoms with Crippen molar-refractivity contribution in [2.75, 3.05) is 0 Å². The molecule has 0 atom stereocenters. The molecule has 19 heavy (non-hydrogen) atoms. The first-order chi connectivity index (χ1) is 9.00. The van der Waals surface area contributed by atoms with E-state index in [1.165, 1.54) is 0 Å². The Kier molecular flexibility index (Phi) is 3.61. The molecule has 0 aromatic heterocycles. The van der Waals surface area contributed by atoms with Gasteiger partial charge in [0.15, 0.2) is 0 Å². The number of hydrogen-bond donors (Lipinski definition) is 2. The molecule has 0 spiro atoms. The number of rotatable bonds is 3. The maximum Gasteiger partial charge on any atom is 0.123 e. The summed E-state index contributed by atoms with van der Waals surface area (Å²) < 4.78 is 0. The average Bonchev–Trinajstić information content (AvgIpc) is 2.37. The zero-order valence-corrected chi connectivity index (χ0v) is 11.2. The molecule has 2 N–H and O–H groups in total. The topological polar surface area (TPSA) is 40.5 Å². The molecule has 0 radical (unpaired) electrons. The van der Waals surface area contributed by atoms with Crippen molar-refractivity contribution >= 4 is 5.57 Å². The summed E-state index contributed by atoms with van der Waals surface area (Å²) >= 11 is 0. The molecule has 0 aliphatic heterocycles. The second-order valence-electron chi connectivity index (χ2n) is 4.93. The molecule has 0 aliphatic rings. The first-order valence-electron chi connectivity index (χ1n) is 6.31. The van der Waals surface area contributed by atoms with E-state index in [9.17, 15) is 10.2 Å². The number of hydrogen-bond acceptors (Lipinski definition) is 2. The van der Waals surface area contributed by atoms with Crippen molar-refractivity contribution in [3.8, 4) is 11.5 Å². The van der Waals surface area contributed by atoms with Crippen LogP contribution >= 0.6 is 0 Å². The summed E-state index contributed by atoms with van der Waals surface area (Å²) in [5.74, 6) is 0.295. The molecule has 0 bridgehead atoms. The van der Waals surface area contributed by atoms with E-state index >= 15 is 0 Å². The van der Waals surface area contributed by atoms with Gasteiger partial charge in [-0.25, -0.2) is 0 Å². The van der Waals surface area contributed by atoms with E-state index in [0.717, 1.165) is 16.7 Å². The molecule has 0 saturated carbocycles. The highest BCUT2D eigenvalue weighted by Crippen LogP contribution is 2.37. The first-order valence-corrected chi connectivity index (χ1v) is 6.31. The molecule has 2 rings (SSSR count). The van der Waals surface area contributed by atoms with Gasteiger partial charge in [0.1, 0.15) is 11.5 Å². The molecule has 0 unspecified atom stereocenters. The predicted octanol–water partition coefficient (Wildman–Crippen LogP) is 4.28. The maximum atomic E-state index is 10.0. The van der Waals surface area contributed by atoms with Crippen LogP contribution in [-0.2, 0) is 0 Å². The van der Waals surface area contributed by atoms with Gasteiger partial charge in [-0.05, 0) is 34.8 Å². The molecule has 0 heterocycles. The van der Waals surface area contributed by atoms with Crippen LogP contribution in [0, 0.1) is 0 Å². The van der Waals surface area contributed by atoms with Crippen LogP contribution in [0.1, 0.15) is 36.5 Å². The monoisotopic (exact) mass is 254 g/mol. The van der Waals surface area contributed by atoms with Crippen LogP contribution in [-0.4, -0.2) is 10.2 Å². The van der Waals surface area contributed by atoms with Gasteiger partial charge in [-0.15, -0.1) is 0 Å². The quantitative estimate of drug-likeness (QED) is 0.858. The lowest BCUT2D eigenvalue weighted by atomic mass is 9.94. The van der Waals surface area contributed by atoms with E-state index in [0.29, 0.717) is 5.56 Å². The fourth-order valence-corrected chi connectivity index (χ4v) is 2.19. The van der Waals surface area contributed by atoms with Gasteiger partial charge in [0.25, 0.3) is 0 Å². The molecule has 0 saturated heterocycles. The van der Waals surface area contributed by atoms with E-state index < -0.39 is 0 Å². The molecular formula is C17H18O2. The summed E-state index contributed by atoms with van der Waals surface area (Å²) in [6.45, 7) is 7.89. The second kappa shape index (κ2) is 5.19. The molecule has 98 valence electrons. The highest BCUT2D eigenvalue weighted by Gasteiger charge is 2.14. The zero-order chi connectivity index (χ0) is 14.0. The summed E-state index contributed by atoms with van der Waals surface area (Å²) in [7, 11) is 0. The van der Waals surface area contributed by atoms with Crippen LogP contribution in [0.4, 0.5) is 0 Å². The van der Waals surface area contributed by atoms with Gasteiger partial charge >= 0.3 is 0 Å². The van der Waals surface area contributed by atoms with Crippen molar-refractivity contribution < 1.29 is 10.2 Å². The first kappa shape index (κ1) is 13.2. The molecule has 0 fully saturated rings. The lowest BCUT2D eigenvalue weighted by Gasteiger charge is -2.14. The van der Waals surface area contributed by atoms with E-state index in [2.05, 4.69) is 6.58 Å². The fraction of sp³-hybridized carbons (Fsp3) is 0.176. The number of aromatic hydroxyl groups is 2. The zero-order valence-electron chi connectivity index (χ0n) is 11.2. The van der Waals surface area contributed by atoms with Gasteiger partial charge in [-0.1, -0.05) is 50.8 Å². The van der Waals surface area contributed by atoms with Crippen LogP contribution in [0.2, 0.25) is 0 Å². The van der Waals surface area contributed by atoms with Crippen LogP contribution in [0.3, 0.4) is 0 Å². The van der Waals surface area contributed by atoms with E-state index in [4.69, 9.17) is 0 Å². The number of benzene rings is 2. The van der Waals surface area contributed by atoms with Crippen LogP contribution in [0.5, 0.6) is 11.5 Å². The van der Waals surface area contributed by atoms with Crippen molar-refractivity contribution in [1.29, 1.82) is 0 Å². The van der Waals surface area contributed by atoms with Crippen molar-refractivity contribution in [3.63, 3.8) is 0 Å². The normalized spacial score (nSPS) is 10.7. The molecule has 0 amide bonds. The Morgan fingerprint density at radius 2 is 1.47 bits per heavy atom. The Bertz CT molecular complexity index is 575. The molecule has 2 nitrogen and oxygen atoms in total.